The molecule has 0 aromatic carbocycles. The Kier molecular flexibility index (Phi) is 2.41. The van der Waals surface area contributed by atoms with Gasteiger partial charge in [0.05, 0.1) is 17.0 Å². The van der Waals surface area contributed by atoms with Gasteiger partial charge in [0.15, 0.2) is 15.0 Å². The lowest BCUT2D eigenvalue weighted by molar-refractivity contribution is 0.601. The topological polar surface area (TPSA) is 51.4 Å². The average molecular weight is 271 g/mol. The van der Waals surface area contributed by atoms with Crippen molar-refractivity contribution in [3.05, 3.63) is 35.4 Å². The summed E-state index contributed by atoms with van der Waals surface area (Å²) in [5.41, 5.74) is 0.827. The minimum absolute atomic E-state index is 0.0394. The zero-order valence-corrected chi connectivity index (χ0v) is 10.6. The Morgan fingerprint density at radius 2 is 2.24 bits per heavy atom. The molecule has 0 amide bonds. The molecule has 1 aliphatic heterocycles. The number of halogens is 1. The van der Waals surface area contributed by atoms with E-state index in [4.69, 9.17) is 11.6 Å². The number of rotatable bonds is 1. The molecule has 1 unspecified atom stereocenters. The van der Waals surface area contributed by atoms with Crippen LogP contribution in [0.3, 0.4) is 0 Å². The predicted molar refractivity (Wildman–Crippen MR) is 66.2 cm³/mol. The fourth-order valence-corrected chi connectivity index (χ4v) is 4.29. The Hall–Kier alpha value is -1.07. The van der Waals surface area contributed by atoms with Crippen LogP contribution >= 0.6 is 11.6 Å². The van der Waals surface area contributed by atoms with Crippen LogP contribution in [0.2, 0.25) is 5.15 Å². The highest BCUT2D eigenvalue weighted by molar-refractivity contribution is 7.91. The molecular weight excluding hydrogens is 260 g/mol. The van der Waals surface area contributed by atoms with Gasteiger partial charge in [0.2, 0.25) is 0 Å². The smallest absolute Gasteiger partial charge is 0.155 e. The van der Waals surface area contributed by atoms with E-state index in [0.717, 1.165) is 11.3 Å². The number of aromatic nitrogens is 2. The largest absolute Gasteiger partial charge is 0.302 e. The molecule has 2 aromatic heterocycles. The van der Waals surface area contributed by atoms with E-state index in [1.807, 2.05) is 28.8 Å². The maximum absolute atomic E-state index is 11.5. The molecular formula is C11H11ClN2O2S. The summed E-state index contributed by atoms with van der Waals surface area (Å²) in [6.45, 7) is 0. The highest BCUT2D eigenvalue weighted by atomic mass is 35.5. The van der Waals surface area contributed by atoms with Gasteiger partial charge >= 0.3 is 0 Å². The summed E-state index contributed by atoms with van der Waals surface area (Å²) in [6, 6.07) is 5.65. The zero-order chi connectivity index (χ0) is 12.0. The lowest BCUT2D eigenvalue weighted by Gasteiger charge is -2.05. The first-order valence-electron chi connectivity index (χ1n) is 5.40. The van der Waals surface area contributed by atoms with E-state index in [1.54, 1.807) is 0 Å². The van der Waals surface area contributed by atoms with Crippen molar-refractivity contribution in [3.8, 4) is 0 Å². The van der Waals surface area contributed by atoms with E-state index in [9.17, 15) is 8.42 Å². The van der Waals surface area contributed by atoms with Gasteiger partial charge in [-0.25, -0.2) is 13.4 Å². The molecule has 0 radical (unpaired) electrons. The SMILES string of the molecule is O=S1(=O)CCC(c2nc(Cl)c3ccccn23)C1. The van der Waals surface area contributed by atoms with Crippen molar-refractivity contribution in [3.63, 3.8) is 0 Å². The molecule has 1 fully saturated rings. The second-order valence-electron chi connectivity index (χ2n) is 4.32. The molecule has 2 aromatic rings. The highest BCUT2D eigenvalue weighted by Crippen LogP contribution is 2.30. The number of pyridine rings is 1. The summed E-state index contributed by atoms with van der Waals surface area (Å²) in [5.74, 6) is 1.14. The molecule has 1 aliphatic rings. The molecule has 1 atom stereocenters. The molecule has 0 spiro atoms. The molecule has 1 saturated heterocycles. The van der Waals surface area contributed by atoms with Crippen molar-refractivity contribution in [2.45, 2.75) is 12.3 Å². The summed E-state index contributed by atoms with van der Waals surface area (Å²) in [6.07, 6.45) is 2.50. The first kappa shape index (κ1) is 11.0. The van der Waals surface area contributed by atoms with Gasteiger partial charge in [-0.1, -0.05) is 17.7 Å². The first-order valence-corrected chi connectivity index (χ1v) is 7.60. The minimum atomic E-state index is -2.90. The van der Waals surface area contributed by atoms with E-state index >= 15 is 0 Å². The van der Waals surface area contributed by atoms with Crippen LogP contribution < -0.4 is 0 Å². The molecule has 3 rings (SSSR count). The van der Waals surface area contributed by atoms with E-state index < -0.39 is 9.84 Å². The van der Waals surface area contributed by atoms with Crippen LogP contribution in [0.25, 0.3) is 5.52 Å². The molecule has 0 N–H and O–H groups in total. The molecule has 0 aliphatic carbocycles. The number of imidazole rings is 1. The highest BCUT2D eigenvalue weighted by Gasteiger charge is 2.32. The lowest BCUT2D eigenvalue weighted by atomic mass is 10.1. The quantitative estimate of drug-likeness (QED) is 0.795. The summed E-state index contributed by atoms with van der Waals surface area (Å²) in [7, 11) is -2.90. The van der Waals surface area contributed by atoms with E-state index in [-0.39, 0.29) is 17.4 Å². The molecule has 90 valence electrons. The Bertz CT molecular complexity index is 678. The van der Waals surface area contributed by atoms with E-state index in [1.165, 1.54) is 0 Å². The van der Waals surface area contributed by atoms with Crippen molar-refractivity contribution in [1.82, 2.24) is 9.38 Å². The third kappa shape index (κ3) is 1.83. The minimum Gasteiger partial charge on any atom is -0.302 e. The lowest BCUT2D eigenvalue weighted by Crippen LogP contribution is -2.07. The van der Waals surface area contributed by atoms with Crippen molar-refractivity contribution in [2.75, 3.05) is 11.5 Å². The van der Waals surface area contributed by atoms with Crippen LogP contribution in [0.1, 0.15) is 18.2 Å². The Labute approximate surface area is 104 Å². The van der Waals surface area contributed by atoms with E-state index in [0.29, 0.717) is 11.6 Å². The molecule has 6 heteroatoms. The van der Waals surface area contributed by atoms with Crippen LogP contribution in [-0.2, 0) is 9.84 Å². The third-order valence-electron chi connectivity index (χ3n) is 3.13. The molecule has 4 nitrogen and oxygen atoms in total. The number of hydrogen-bond acceptors (Lipinski definition) is 3. The molecule has 17 heavy (non-hydrogen) atoms. The van der Waals surface area contributed by atoms with Gasteiger partial charge in [0, 0.05) is 12.1 Å². The number of nitrogens with zero attached hydrogens (tertiary/aromatic N) is 2. The Morgan fingerprint density at radius 3 is 2.94 bits per heavy atom. The average Bonchev–Trinajstić information content (AvgIpc) is 2.81. The van der Waals surface area contributed by atoms with Crippen LogP contribution in [0.4, 0.5) is 0 Å². The normalized spacial score (nSPS) is 23.2. The van der Waals surface area contributed by atoms with Crippen molar-refractivity contribution in [1.29, 1.82) is 0 Å². The summed E-state index contributed by atoms with van der Waals surface area (Å²) < 4.78 is 24.9. The second kappa shape index (κ2) is 3.71. The van der Waals surface area contributed by atoms with Gasteiger partial charge < -0.3 is 4.40 Å². The van der Waals surface area contributed by atoms with Gasteiger partial charge in [-0.3, -0.25) is 0 Å². The maximum Gasteiger partial charge on any atom is 0.155 e. The number of hydrogen-bond donors (Lipinski definition) is 0. The van der Waals surface area contributed by atoms with Crippen molar-refractivity contribution < 1.29 is 8.42 Å². The Morgan fingerprint density at radius 1 is 1.41 bits per heavy atom. The fraction of sp³-hybridized carbons (Fsp3) is 0.364. The van der Waals surface area contributed by atoms with Crippen LogP contribution in [0, 0.1) is 0 Å². The van der Waals surface area contributed by atoms with E-state index in [2.05, 4.69) is 4.98 Å². The second-order valence-corrected chi connectivity index (χ2v) is 6.90. The van der Waals surface area contributed by atoms with Gasteiger partial charge in [0.25, 0.3) is 0 Å². The molecule has 0 bridgehead atoms. The van der Waals surface area contributed by atoms with Gasteiger partial charge in [0.1, 0.15) is 5.82 Å². The summed E-state index contributed by atoms with van der Waals surface area (Å²) >= 11 is 6.05. The van der Waals surface area contributed by atoms with Gasteiger partial charge in [-0.2, -0.15) is 0 Å². The monoisotopic (exact) mass is 270 g/mol. The van der Waals surface area contributed by atoms with Gasteiger partial charge in [-0.05, 0) is 18.6 Å². The zero-order valence-electron chi connectivity index (χ0n) is 9.01. The summed E-state index contributed by atoms with van der Waals surface area (Å²) in [4.78, 5) is 4.30. The van der Waals surface area contributed by atoms with Crippen molar-refractivity contribution in [2.24, 2.45) is 0 Å². The van der Waals surface area contributed by atoms with Crippen molar-refractivity contribution >= 4 is 27.0 Å². The Balaban J connectivity index is 2.13. The number of sulfone groups is 1. The van der Waals surface area contributed by atoms with Gasteiger partial charge in [-0.15, -0.1) is 0 Å². The standard InChI is InChI=1S/C11H11ClN2O2S/c12-10-9-3-1-2-5-14(9)11(13-10)8-4-6-17(15,16)7-8/h1-3,5,8H,4,6-7H2. The first-order chi connectivity index (χ1) is 8.07. The van der Waals surface area contributed by atoms with Crippen LogP contribution in [-0.4, -0.2) is 29.3 Å². The fourth-order valence-electron chi connectivity index (χ4n) is 2.31. The number of fused-ring (bicyclic) bond motifs is 1. The summed E-state index contributed by atoms with van der Waals surface area (Å²) in [5, 5.41) is 0.435. The molecule has 0 saturated carbocycles. The molecule has 3 heterocycles. The maximum atomic E-state index is 11.5. The van der Waals surface area contributed by atoms with Crippen LogP contribution in [0.5, 0.6) is 0 Å². The predicted octanol–water partition coefficient (Wildman–Crippen LogP) is 1.89. The van der Waals surface area contributed by atoms with Crippen LogP contribution in [0.15, 0.2) is 24.4 Å². The third-order valence-corrected chi connectivity index (χ3v) is 5.17.